The first-order valence-electron chi connectivity index (χ1n) is 9.30. The summed E-state index contributed by atoms with van der Waals surface area (Å²) in [4.78, 5) is 15.8. The molecule has 28 heavy (non-hydrogen) atoms. The first-order chi connectivity index (χ1) is 13.2. The maximum absolute atomic E-state index is 13.4. The van der Waals surface area contributed by atoms with Crippen LogP contribution in [0, 0.1) is 11.6 Å². The summed E-state index contributed by atoms with van der Waals surface area (Å²) in [6, 6.07) is 6.46. The number of amides is 1. The Hall–Kier alpha value is -2.38. The molecule has 0 spiro atoms. The zero-order valence-electron chi connectivity index (χ0n) is 16.4. The van der Waals surface area contributed by atoms with Gasteiger partial charge in [0, 0.05) is 32.3 Å². The van der Waals surface area contributed by atoms with Crippen LogP contribution >= 0.6 is 0 Å². The van der Waals surface area contributed by atoms with Gasteiger partial charge in [0.15, 0.2) is 0 Å². The van der Waals surface area contributed by atoms with Gasteiger partial charge in [0.05, 0.1) is 17.8 Å². The summed E-state index contributed by atoms with van der Waals surface area (Å²) < 4.78 is 26.8. The third-order valence-electron chi connectivity index (χ3n) is 4.40. The van der Waals surface area contributed by atoms with Gasteiger partial charge in [-0.25, -0.2) is 8.78 Å². The van der Waals surface area contributed by atoms with E-state index in [1.165, 1.54) is 24.6 Å². The second kappa shape index (κ2) is 10.2. The molecule has 152 valence electrons. The van der Waals surface area contributed by atoms with Crippen LogP contribution in [0.5, 0.6) is 0 Å². The van der Waals surface area contributed by atoms with Crippen molar-refractivity contribution < 1.29 is 18.7 Å². The molecule has 1 amide bonds. The fourth-order valence-electron chi connectivity index (χ4n) is 2.97. The van der Waals surface area contributed by atoms with Crippen LogP contribution in [0.2, 0.25) is 0 Å². The van der Waals surface area contributed by atoms with Crippen molar-refractivity contribution in [1.29, 1.82) is 0 Å². The van der Waals surface area contributed by atoms with Crippen molar-refractivity contribution in [2.75, 3.05) is 6.54 Å². The van der Waals surface area contributed by atoms with Gasteiger partial charge in [0.25, 0.3) is 0 Å². The Balaban J connectivity index is 1.97. The minimum Gasteiger partial charge on any atom is -0.390 e. The van der Waals surface area contributed by atoms with Gasteiger partial charge in [-0.15, -0.1) is 0 Å². The summed E-state index contributed by atoms with van der Waals surface area (Å²) in [5, 5.41) is 16.3. The number of halogens is 2. The monoisotopic (exact) mass is 391 g/mol. The molecule has 0 saturated carbocycles. The van der Waals surface area contributed by atoms with E-state index in [4.69, 9.17) is 0 Å². The van der Waals surface area contributed by atoms with E-state index < -0.39 is 23.8 Å². The van der Waals surface area contributed by atoms with Gasteiger partial charge in [-0.1, -0.05) is 13.8 Å². The molecule has 0 saturated heterocycles. The largest absolute Gasteiger partial charge is 0.390 e. The third kappa shape index (κ3) is 6.98. The first kappa shape index (κ1) is 21.9. The van der Waals surface area contributed by atoms with Crippen LogP contribution < -0.4 is 10.6 Å². The number of carbonyl (C=O) groups is 1. The molecule has 0 aliphatic heterocycles. The molecule has 1 heterocycles. The van der Waals surface area contributed by atoms with E-state index in [0.717, 1.165) is 11.8 Å². The molecular weight excluding hydrogens is 364 g/mol. The number of pyridine rings is 1. The summed E-state index contributed by atoms with van der Waals surface area (Å²) in [6.07, 6.45) is 0.919. The van der Waals surface area contributed by atoms with E-state index in [9.17, 15) is 18.7 Å². The van der Waals surface area contributed by atoms with E-state index in [1.54, 1.807) is 6.20 Å². The van der Waals surface area contributed by atoms with Crippen molar-refractivity contribution in [3.8, 4) is 0 Å². The molecule has 3 N–H and O–H groups in total. The number of aromatic nitrogens is 1. The molecule has 0 aliphatic carbocycles. The highest BCUT2D eigenvalue weighted by molar-refractivity contribution is 5.73. The number of benzene rings is 1. The summed E-state index contributed by atoms with van der Waals surface area (Å²) in [6.45, 7) is 6.18. The quantitative estimate of drug-likeness (QED) is 0.615. The molecule has 0 fully saturated rings. The molecule has 0 aliphatic rings. The van der Waals surface area contributed by atoms with Gasteiger partial charge in [0.1, 0.15) is 11.6 Å². The van der Waals surface area contributed by atoms with Crippen molar-refractivity contribution in [3.63, 3.8) is 0 Å². The predicted octanol–water partition coefficient (Wildman–Crippen LogP) is 2.68. The summed E-state index contributed by atoms with van der Waals surface area (Å²) in [7, 11) is 0. The van der Waals surface area contributed by atoms with Crippen LogP contribution in [0.3, 0.4) is 0 Å². The summed E-state index contributed by atoms with van der Waals surface area (Å²) in [5.41, 5.74) is 2.39. The Morgan fingerprint density at radius 3 is 2.46 bits per heavy atom. The number of rotatable bonds is 9. The Kier molecular flexibility index (Phi) is 8.02. The van der Waals surface area contributed by atoms with Crippen LogP contribution in [-0.4, -0.2) is 34.7 Å². The lowest BCUT2D eigenvalue weighted by Gasteiger charge is -2.24. The Labute approximate surface area is 164 Å². The number of aliphatic hydroxyl groups is 1. The maximum atomic E-state index is 13.4. The third-order valence-corrected chi connectivity index (χ3v) is 4.40. The maximum Gasteiger partial charge on any atom is 0.217 e. The molecular formula is C21H27F2N3O2. The van der Waals surface area contributed by atoms with Crippen molar-refractivity contribution in [2.45, 2.75) is 51.8 Å². The van der Waals surface area contributed by atoms with Gasteiger partial charge in [-0.3, -0.25) is 9.78 Å². The molecule has 7 heteroatoms. The van der Waals surface area contributed by atoms with Gasteiger partial charge < -0.3 is 15.7 Å². The zero-order valence-corrected chi connectivity index (χ0v) is 16.4. The van der Waals surface area contributed by atoms with Gasteiger partial charge in [-0.05, 0) is 47.7 Å². The first-order valence-corrected chi connectivity index (χ1v) is 9.30. The highest BCUT2D eigenvalue weighted by Gasteiger charge is 2.21. The minimum atomic E-state index is -0.941. The molecule has 0 bridgehead atoms. The lowest BCUT2D eigenvalue weighted by atomic mass is 10.0. The standard InChI is InChI=1S/C21H27F2N3O2/c1-13(2)16-4-5-25-19(9-16)11-24-12-21(28)20(26-14(3)27)8-15-6-17(22)10-18(23)7-15/h4-7,9-10,13,20-21,24,28H,8,11-12H2,1-3H3,(H,26,27)/t20-,21+/m0/s1. The van der Waals surface area contributed by atoms with Crippen molar-refractivity contribution in [2.24, 2.45) is 0 Å². The molecule has 1 aromatic heterocycles. The molecule has 0 radical (unpaired) electrons. The van der Waals surface area contributed by atoms with Crippen LogP contribution in [0.4, 0.5) is 8.78 Å². The molecule has 5 nitrogen and oxygen atoms in total. The number of nitrogens with zero attached hydrogens (tertiary/aromatic N) is 1. The Morgan fingerprint density at radius 2 is 1.86 bits per heavy atom. The molecule has 2 rings (SSSR count). The van der Waals surface area contributed by atoms with Gasteiger partial charge in [0.2, 0.25) is 5.91 Å². The highest BCUT2D eigenvalue weighted by Crippen LogP contribution is 2.14. The number of aliphatic hydroxyl groups excluding tert-OH is 1. The van der Waals surface area contributed by atoms with E-state index >= 15 is 0 Å². The number of carbonyl (C=O) groups excluding carboxylic acids is 1. The van der Waals surface area contributed by atoms with Crippen LogP contribution in [0.25, 0.3) is 0 Å². The average molecular weight is 391 g/mol. The topological polar surface area (TPSA) is 74.2 Å². The van der Waals surface area contributed by atoms with E-state index in [2.05, 4.69) is 29.5 Å². The zero-order chi connectivity index (χ0) is 20.7. The molecule has 2 aromatic rings. The molecule has 0 unspecified atom stereocenters. The SMILES string of the molecule is CC(=O)N[C@@H](Cc1cc(F)cc(F)c1)[C@H](O)CNCc1cc(C(C)C)ccn1. The summed E-state index contributed by atoms with van der Waals surface area (Å²) >= 11 is 0. The number of nitrogens with one attached hydrogen (secondary N) is 2. The van der Waals surface area contributed by atoms with Gasteiger partial charge >= 0.3 is 0 Å². The minimum absolute atomic E-state index is 0.109. The lowest BCUT2D eigenvalue weighted by Crippen LogP contribution is -2.48. The van der Waals surface area contributed by atoms with Crippen LogP contribution in [-0.2, 0) is 17.8 Å². The van der Waals surface area contributed by atoms with E-state index in [0.29, 0.717) is 18.0 Å². The van der Waals surface area contributed by atoms with E-state index in [1.807, 2.05) is 12.1 Å². The van der Waals surface area contributed by atoms with Crippen molar-refractivity contribution in [3.05, 3.63) is 65.0 Å². The Morgan fingerprint density at radius 1 is 1.18 bits per heavy atom. The molecule has 2 atom stereocenters. The summed E-state index contributed by atoms with van der Waals surface area (Å²) in [5.74, 6) is -1.32. The van der Waals surface area contributed by atoms with Crippen LogP contribution in [0.15, 0.2) is 36.5 Å². The van der Waals surface area contributed by atoms with Crippen molar-refractivity contribution >= 4 is 5.91 Å². The predicted molar refractivity (Wildman–Crippen MR) is 104 cm³/mol. The Bertz CT molecular complexity index is 779. The highest BCUT2D eigenvalue weighted by atomic mass is 19.1. The number of hydrogen-bond donors (Lipinski definition) is 3. The van der Waals surface area contributed by atoms with Crippen molar-refractivity contribution in [1.82, 2.24) is 15.6 Å². The van der Waals surface area contributed by atoms with Crippen LogP contribution in [0.1, 0.15) is 43.5 Å². The second-order valence-electron chi connectivity index (χ2n) is 7.22. The van der Waals surface area contributed by atoms with E-state index in [-0.39, 0.29) is 18.9 Å². The lowest BCUT2D eigenvalue weighted by molar-refractivity contribution is -0.120. The second-order valence-corrected chi connectivity index (χ2v) is 7.22. The fraction of sp³-hybridized carbons (Fsp3) is 0.429. The average Bonchev–Trinajstić information content (AvgIpc) is 2.60. The molecule has 1 aromatic carbocycles. The van der Waals surface area contributed by atoms with Gasteiger partial charge in [-0.2, -0.15) is 0 Å². The number of hydrogen-bond acceptors (Lipinski definition) is 4. The normalized spacial score (nSPS) is 13.4. The fourth-order valence-corrected chi connectivity index (χ4v) is 2.97. The smallest absolute Gasteiger partial charge is 0.217 e.